The minimum Gasteiger partial charge on any atom is -0.469 e. The van der Waals surface area contributed by atoms with Gasteiger partial charge in [-0.1, -0.05) is 17.7 Å². The van der Waals surface area contributed by atoms with Gasteiger partial charge in [0.2, 0.25) is 0 Å². The molecule has 0 fully saturated rings. The van der Waals surface area contributed by atoms with E-state index in [4.69, 9.17) is 16.3 Å². The molecule has 0 heterocycles. The van der Waals surface area contributed by atoms with Crippen LogP contribution in [0.5, 0.6) is 0 Å². The molecule has 0 aromatic heterocycles. The minimum atomic E-state index is -1.03. The Morgan fingerprint density at radius 2 is 2.00 bits per heavy atom. The number of esters is 1. The van der Waals surface area contributed by atoms with Crippen LogP contribution in [0.2, 0.25) is 5.02 Å². The summed E-state index contributed by atoms with van der Waals surface area (Å²) in [5.74, 6) is -0.528. The number of aliphatic hydroxyl groups excluding tert-OH is 1. The summed E-state index contributed by atoms with van der Waals surface area (Å²) < 4.78 is 9.61. The van der Waals surface area contributed by atoms with Crippen LogP contribution in [-0.4, -0.2) is 29.9 Å². The van der Waals surface area contributed by atoms with Crippen LogP contribution in [0.15, 0.2) is 18.2 Å². The molecule has 2 N–H and O–H groups in total. The molecule has 0 aliphatic rings. The maximum absolute atomic E-state index is 11.7. The number of ether oxygens (including phenoxy) is 2. The number of aliphatic hydroxyl groups is 1. The predicted octanol–water partition coefficient (Wildman–Crippen LogP) is 3.28. The smallest absolute Gasteiger partial charge is 0.412 e. The molecule has 0 aliphatic heterocycles. The number of carbonyl (C=O) groups is 2. The Bertz CT molecular complexity index is 553. The van der Waals surface area contributed by atoms with E-state index in [-0.39, 0.29) is 11.4 Å². The zero-order valence-electron chi connectivity index (χ0n) is 13.0. The lowest BCUT2D eigenvalue weighted by Gasteiger charge is -2.20. The second kappa shape index (κ2) is 7.47. The normalized spacial score (nSPS) is 12.5. The highest BCUT2D eigenvalue weighted by Crippen LogP contribution is 2.27. The molecule has 1 amide bonds. The largest absolute Gasteiger partial charge is 0.469 e. The van der Waals surface area contributed by atoms with Crippen molar-refractivity contribution in [3.63, 3.8) is 0 Å². The van der Waals surface area contributed by atoms with E-state index in [0.29, 0.717) is 11.3 Å². The molecule has 0 bridgehead atoms. The van der Waals surface area contributed by atoms with Gasteiger partial charge in [0.1, 0.15) is 5.60 Å². The number of rotatable bonds is 4. The van der Waals surface area contributed by atoms with Crippen molar-refractivity contribution >= 4 is 29.4 Å². The molecule has 122 valence electrons. The maximum Gasteiger partial charge on any atom is 0.412 e. The summed E-state index contributed by atoms with van der Waals surface area (Å²) in [4.78, 5) is 22.8. The molecule has 0 aliphatic carbocycles. The third-order valence-corrected chi connectivity index (χ3v) is 2.91. The number of amides is 1. The fourth-order valence-electron chi connectivity index (χ4n) is 1.61. The van der Waals surface area contributed by atoms with E-state index in [2.05, 4.69) is 10.1 Å². The van der Waals surface area contributed by atoms with Gasteiger partial charge in [-0.3, -0.25) is 10.1 Å². The molecule has 0 radical (unpaired) electrons. The fourth-order valence-corrected chi connectivity index (χ4v) is 1.85. The van der Waals surface area contributed by atoms with Crippen molar-refractivity contribution in [2.45, 2.75) is 38.9 Å². The molecule has 6 nitrogen and oxygen atoms in total. The second-order valence-electron chi connectivity index (χ2n) is 5.66. The number of carbonyl (C=O) groups excluding carboxylic acids is 2. The van der Waals surface area contributed by atoms with E-state index < -0.39 is 23.8 Å². The van der Waals surface area contributed by atoms with E-state index in [0.717, 1.165) is 0 Å². The van der Waals surface area contributed by atoms with Crippen LogP contribution in [-0.2, 0) is 14.3 Å². The first kappa shape index (κ1) is 18.3. The Morgan fingerprint density at radius 3 is 2.50 bits per heavy atom. The monoisotopic (exact) mass is 329 g/mol. The van der Waals surface area contributed by atoms with Gasteiger partial charge in [-0.05, 0) is 38.5 Å². The Labute approximate surface area is 134 Å². The molecule has 0 saturated carbocycles. The summed E-state index contributed by atoms with van der Waals surface area (Å²) in [5.41, 5.74) is 0.183. The van der Waals surface area contributed by atoms with Gasteiger partial charge in [-0.15, -0.1) is 0 Å². The fraction of sp³-hybridized carbons (Fsp3) is 0.467. The van der Waals surface area contributed by atoms with E-state index >= 15 is 0 Å². The Hall–Kier alpha value is -1.79. The van der Waals surface area contributed by atoms with Crippen LogP contribution >= 0.6 is 11.6 Å². The van der Waals surface area contributed by atoms with Crippen molar-refractivity contribution in [1.29, 1.82) is 0 Å². The van der Waals surface area contributed by atoms with E-state index in [1.807, 2.05) is 0 Å². The van der Waals surface area contributed by atoms with Crippen LogP contribution in [0, 0.1) is 0 Å². The highest BCUT2D eigenvalue weighted by atomic mass is 35.5. The summed E-state index contributed by atoms with van der Waals surface area (Å²) in [7, 11) is 1.25. The van der Waals surface area contributed by atoms with Gasteiger partial charge in [0, 0.05) is 0 Å². The quantitative estimate of drug-likeness (QED) is 0.828. The van der Waals surface area contributed by atoms with Crippen molar-refractivity contribution in [3.05, 3.63) is 28.8 Å². The average molecular weight is 330 g/mol. The topological polar surface area (TPSA) is 84.9 Å². The lowest BCUT2D eigenvalue weighted by atomic mass is 10.1. The first-order chi connectivity index (χ1) is 10.1. The Morgan fingerprint density at radius 1 is 1.36 bits per heavy atom. The third kappa shape index (κ3) is 5.91. The zero-order valence-corrected chi connectivity index (χ0v) is 13.7. The Kier molecular flexibility index (Phi) is 6.20. The first-order valence-corrected chi connectivity index (χ1v) is 7.04. The predicted molar refractivity (Wildman–Crippen MR) is 82.9 cm³/mol. The van der Waals surface area contributed by atoms with Crippen LogP contribution in [0.1, 0.15) is 38.9 Å². The SMILES string of the molecule is COC(=O)C[C@H](O)c1ccc(NC(=O)OC(C)(C)C)c(Cl)c1. The zero-order chi connectivity index (χ0) is 16.9. The molecular formula is C15H20ClNO5. The Balaban J connectivity index is 2.77. The molecule has 1 aromatic carbocycles. The number of nitrogens with one attached hydrogen (secondary N) is 1. The van der Waals surface area contributed by atoms with Gasteiger partial charge >= 0.3 is 12.1 Å². The average Bonchev–Trinajstić information content (AvgIpc) is 2.38. The second-order valence-corrected chi connectivity index (χ2v) is 6.07. The van der Waals surface area contributed by atoms with Crippen LogP contribution in [0.3, 0.4) is 0 Å². The highest BCUT2D eigenvalue weighted by molar-refractivity contribution is 6.33. The van der Waals surface area contributed by atoms with Crippen LogP contribution in [0.25, 0.3) is 0 Å². The third-order valence-electron chi connectivity index (χ3n) is 2.60. The standard InChI is InChI=1S/C15H20ClNO5/c1-15(2,3)22-14(20)17-11-6-5-9(7-10(11)16)12(18)8-13(19)21-4/h5-7,12,18H,8H2,1-4H3,(H,17,20)/t12-/m0/s1. The van der Waals surface area contributed by atoms with Gasteiger partial charge < -0.3 is 14.6 Å². The molecule has 22 heavy (non-hydrogen) atoms. The first-order valence-electron chi connectivity index (χ1n) is 6.66. The van der Waals surface area contributed by atoms with E-state index in [1.165, 1.54) is 19.2 Å². The summed E-state index contributed by atoms with van der Waals surface area (Å²) in [6, 6.07) is 4.57. The molecule has 7 heteroatoms. The highest BCUT2D eigenvalue weighted by Gasteiger charge is 2.18. The molecule has 0 saturated heterocycles. The molecule has 1 atom stereocenters. The molecular weight excluding hydrogens is 310 g/mol. The number of halogens is 1. The molecule has 0 unspecified atom stereocenters. The van der Waals surface area contributed by atoms with Crippen molar-refractivity contribution in [2.24, 2.45) is 0 Å². The number of hydrogen-bond donors (Lipinski definition) is 2. The van der Waals surface area contributed by atoms with Gasteiger partial charge in [0.05, 0.1) is 30.3 Å². The van der Waals surface area contributed by atoms with Crippen LogP contribution in [0.4, 0.5) is 10.5 Å². The number of hydrogen-bond acceptors (Lipinski definition) is 5. The van der Waals surface area contributed by atoms with Crippen molar-refractivity contribution in [3.8, 4) is 0 Å². The maximum atomic E-state index is 11.7. The van der Waals surface area contributed by atoms with Crippen molar-refractivity contribution < 1.29 is 24.2 Å². The number of benzene rings is 1. The summed E-state index contributed by atoms with van der Waals surface area (Å²) in [6.45, 7) is 5.25. The molecule has 1 rings (SSSR count). The van der Waals surface area contributed by atoms with Crippen LogP contribution < -0.4 is 5.32 Å². The summed E-state index contributed by atoms with van der Waals surface area (Å²) in [5, 5.41) is 12.6. The van der Waals surface area contributed by atoms with Crippen molar-refractivity contribution in [1.82, 2.24) is 0 Å². The van der Waals surface area contributed by atoms with E-state index in [1.54, 1.807) is 26.8 Å². The molecule has 0 spiro atoms. The summed E-state index contributed by atoms with van der Waals surface area (Å²) >= 11 is 6.06. The lowest BCUT2D eigenvalue weighted by Crippen LogP contribution is -2.27. The molecule has 1 aromatic rings. The number of methoxy groups -OCH3 is 1. The lowest BCUT2D eigenvalue weighted by molar-refractivity contribution is -0.142. The van der Waals surface area contributed by atoms with Gasteiger partial charge in [-0.2, -0.15) is 0 Å². The minimum absolute atomic E-state index is 0.175. The summed E-state index contributed by atoms with van der Waals surface area (Å²) in [6.07, 6.45) is -1.83. The number of anilines is 1. The van der Waals surface area contributed by atoms with Gasteiger partial charge in [-0.25, -0.2) is 4.79 Å². The van der Waals surface area contributed by atoms with Gasteiger partial charge in [0.25, 0.3) is 0 Å². The van der Waals surface area contributed by atoms with Crippen molar-refractivity contribution in [2.75, 3.05) is 12.4 Å². The van der Waals surface area contributed by atoms with Gasteiger partial charge in [0.15, 0.2) is 0 Å². The van der Waals surface area contributed by atoms with E-state index in [9.17, 15) is 14.7 Å².